The molecule has 0 unspecified atom stereocenters. The predicted molar refractivity (Wildman–Crippen MR) is 119 cm³/mol. The summed E-state index contributed by atoms with van der Waals surface area (Å²) >= 11 is 6.04. The quantitative estimate of drug-likeness (QED) is 0.472. The molecule has 0 fully saturated rings. The van der Waals surface area contributed by atoms with Crippen molar-refractivity contribution < 1.29 is 18.7 Å². The summed E-state index contributed by atoms with van der Waals surface area (Å²) in [5, 5.41) is 0.465. The molecule has 0 saturated carbocycles. The molecule has 2 amide bonds. The predicted octanol–water partition coefficient (Wildman–Crippen LogP) is 4.25. The number of amides is 2. The lowest BCUT2D eigenvalue weighted by molar-refractivity contribution is -0.133. The standard InChI is InChI=1S/C24H25ClN2O4/c1-30-14-12-26(24(29)20-9-5-10-21(25)15-20)18-23(28)27(17-22-11-6-13-31-22)16-19-7-3-2-4-8-19/h2-11,13,15H,12,14,16-18H2,1H3. The highest BCUT2D eigenvalue weighted by atomic mass is 35.5. The van der Waals surface area contributed by atoms with Crippen LogP contribution in [0.3, 0.4) is 0 Å². The molecule has 2 aromatic carbocycles. The van der Waals surface area contributed by atoms with Crippen molar-refractivity contribution in [3.63, 3.8) is 0 Å². The molecule has 0 aliphatic carbocycles. The van der Waals surface area contributed by atoms with Crippen LogP contribution in [-0.4, -0.2) is 48.4 Å². The second-order valence-electron chi connectivity index (χ2n) is 7.04. The van der Waals surface area contributed by atoms with Gasteiger partial charge in [0, 0.05) is 30.8 Å². The summed E-state index contributed by atoms with van der Waals surface area (Å²) in [7, 11) is 1.56. The summed E-state index contributed by atoms with van der Waals surface area (Å²) in [4.78, 5) is 29.5. The zero-order valence-electron chi connectivity index (χ0n) is 17.4. The van der Waals surface area contributed by atoms with Gasteiger partial charge in [0.25, 0.3) is 5.91 Å². The van der Waals surface area contributed by atoms with E-state index in [2.05, 4.69) is 0 Å². The van der Waals surface area contributed by atoms with Crippen LogP contribution in [0.25, 0.3) is 0 Å². The number of carbonyl (C=O) groups is 2. The van der Waals surface area contributed by atoms with Crippen molar-refractivity contribution in [2.24, 2.45) is 0 Å². The number of carbonyl (C=O) groups excluding carboxylic acids is 2. The minimum absolute atomic E-state index is 0.0811. The summed E-state index contributed by atoms with van der Waals surface area (Å²) in [5.74, 6) is 0.214. The molecule has 162 valence electrons. The number of ether oxygens (including phenoxy) is 1. The Kier molecular flexibility index (Phi) is 8.27. The van der Waals surface area contributed by atoms with E-state index in [9.17, 15) is 9.59 Å². The first-order valence-corrected chi connectivity index (χ1v) is 10.3. The minimum atomic E-state index is -0.273. The molecular weight excluding hydrogens is 416 g/mol. The Morgan fingerprint density at radius 3 is 2.45 bits per heavy atom. The van der Waals surface area contributed by atoms with Gasteiger partial charge in [-0.3, -0.25) is 9.59 Å². The van der Waals surface area contributed by atoms with E-state index in [1.54, 1.807) is 48.6 Å². The second-order valence-corrected chi connectivity index (χ2v) is 7.48. The largest absolute Gasteiger partial charge is 0.467 e. The Labute approximate surface area is 187 Å². The average molecular weight is 441 g/mol. The number of furan rings is 1. The lowest BCUT2D eigenvalue weighted by Gasteiger charge is -2.27. The van der Waals surface area contributed by atoms with Crippen molar-refractivity contribution in [2.75, 3.05) is 26.8 Å². The zero-order chi connectivity index (χ0) is 22.1. The van der Waals surface area contributed by atoms with Gasteiger partial charge in [-0.1, -0.05) is 48.0 Å². The summed E-state index contributed by atoms with van der Waals surface area (Å²) < 4.78 is 10.6. The Morgan fingerprint density at radius 2 is 1.77 bits per heavy atom. The lowest BCUT2D eigenvalue weighted by atomic mass is 10.2. The maximum absolute atomic E-state index is 13.3. The van der Waals surface area contributed by atoms with Gasteiger partial charge in [-0.05, 0) is 35.9 Å². The molecule has 1 aromatic heterocycles. The normalized spacial score (nSPS) is 10.6. The topological polar surface area (TPSA) is 63.0 Å². The van der Waals surface area contributed by atoms with Gasteiger partial charge in [-0.15, -0.1) is 0 Å². The SMILES string of the molecule is COCCN(CC(=O)N(Cc1ccccc1)Cc1ccco1)C(=O)c1cccc(Cl)c1. The molecule has 1 heterocycles. The summed E-state index contributed by atoms with van der Waals surface area (Å²) in [6, 6.07) is 20.0. The van der Waals surface area contributed by atoms with Crippen molar-refractivity contribution in [1.29, 1.82) is 0 Å². The van der Waals surface area contributed by atoms with Gasteiger partial charge < -0.3 is 19.0 Å². The minimum Gasteiger partial charge on any atom is -0.467 e. The fourth-order valence-corrected chi connectivity index (χ4v) is 3.34. The molecule has 0 saturated heterocycles. The fourth-order valence-electron chi connectivity index (χ4n) is 3.15. The van der Waals surface area contributed by atoms with Crippen LogP contribution < -0.4 is 0 Å². The van der Waals surface area contributed by atoms with Gasteiger partial charge in [0.1, 0.15) is 12.3 Å². The molecule has 0 radical (unpaired) electrons. The van der Waals surface area contributed by atoms with E-state index in [-0.39, 0.29) is 24.9 Å². The number of hydrogen-bond acceptors (Lipinski definition) is 4. The van der Waals surface area contributed by atoms with Crippen LogP contribution in [0.5, 0.6) is 0 Å². The van der Waals surface area contributed by atoms with Crippen LogP contribution in [0, 0.1) is 0 Å². The molecule has 6 nitrogen and oxygen atoms in total. The number of nitrogens with zero attached hydrogens (tertiary/aromatic N) is 2. The average Bonchev–Trinajstić information content (AvgIpc) is 3.29. The van der Waals surface area contributed by atoms with Gasteiger partial charge >= 0.3 is 0 Å². The first kappa shape index (κ1) is 22.6. The first-order valence-electron chi connectivity index (χ1n) is 9.94. The van der Waals surface area contributed by atoms with Gasteiger partial charge in [0.2, 0.25) is 5.91 Å². The van der Waals surface area contributed by atoms with Crippen molar-refractivity contribution >= 4 is 23.4 Å². The molecule has 0 atom stereocenters. The van der Waals surface area contributed by atoms with Crippen molar-refractivity contribution in [2.45, 2.75) is 13.1 Å². The molecule has 3 rings (SSSR count). The van der Waals surface area contributed by atoms with E-state index < -0.39 is 0 Å². The van der Waals surface area contributed by atoms with Gasteiger partial charge in [-0.2, -0.15) is 0 Å². The molecule has 0 spiro atoms. The van der Waals surface area contributed by atoms with E-state index in [0.29, 0.717) is 36.0 Å². The Morgan fingerprint density at radius 1 is 0.968 bits per heavy atom. The van der Waals surface area contributed by atoms with E-state index in [4.69, 9.17) is 20.8 Å². The van der Waals surface area contributed by atoms with Crippen molar-refractivity contribution in [3.05, 3.63) is 94.9 Å². The summed E-state index contributed by atoms with van der Waals surface area (Å²) in [6.07, 6.45) is 1.58. The van der Waals surface area contributed by atoms with E-state index >= 15 is 0 Å². The maximum Gasteiger partial charge on any atom is 0.254 e. The van der Waals surface area contributed by atoms with E-state index in [1.807, 2.05) is 36.4 Å². The van der Waals surface area contributed by atoms with E-state index in [0.717, 1.165) is 5.56 Å². The Bertz CT molecular complexity index is 976. The van der Waals surface area contributed by atoms with Gasteiger partial charge in [0.05, 0.1) is 19.4 Å². The van der Waals surface area contributed by atoms with Crippen molar-refractivity contribution in [1.82, 2.24) is 9.80 Å². The molecule has 0 bridgehead atoms. The number of methoxy groups -OCH3 is 1. The van der Waals surface area contributed by atoms with Gasteiger partial charge in [0.15, 0.2) is 0 Å². The third-order valence-electron chi connectivity index (χ3n) is 4.75. The second kappa shape index (κ2) is 11.3. The molecule has 0 N–H and O–H groups in total. The van der Waals surface area contributed by atoms with Gasteiger partial charge in [-0.25, -0.2) is 0 Å². The third-order valence-corrected chi connectivity index (χ3v) is 4.98. The van der Waals surface area contributed by atoms with Crippen LogP contribution in [-0.2, 0) is 22.6 Å². The van der Waals surface area contributed by atoms with Crippen LogP contribution in [0.4, 0.5) is 0 Å². The fraction of sp³-hybridized carbons (Fsp3) is 0.250. The van der Waals surface area contributed by atoms with Crippen LogP contribution in [0.1, 0.15) is 21.7 Å². The third kappa shape index (κ3) is 6.70. The number of rotatable bonds is 10. The molecule has 7 heteroatoms. The Hall–Kier alpha value is -3.09. The van der Waals surface area contributed by atoms with Crippen LogP contribution in [0.2, 0.25) is 5.02 Å². The molecule has 0 aliphatic heterocycles. The molecule has 31 heavy (non-hydrogen) atoms. The van der Waals surface area contributed by atoms with E-state index in [1.165, 1.54) is 4.90 Å². The first-order chi connectivity index (χ1) is 15.1. The highest BCUT2D eigenvalue weighted by Gasteiger charge is 2.23. The molecular formula is C24H25ClN2O4. The highest BCUT2D eigenvalue weighted by Crippen LogP contribution is 2.15. The smallest absolute Gasteiger partial charge is 0.254 e. The maximum atomic E-state index is 13.3. The number of hydrogen-bond donors (Lipinski definition) is 0. The number of benzene rings is 2. The summed E-state index contributed by atoms with van der Waals surface area (Å²) in [5.41, 5.74) is 1.42. The lowest BCUT2D eigenvalue weighted by Crippen LogP contribution is -2.43. The number of halogens is 1. The highest BCUT2D eigenvalue weighted by molar-refractivity contribution is 6.31. The molecule has 3 aromatic rings. The van der Waals surface area contributed by atoms with Crippen LogP contribution >= 0.6 is 11.6 Å². The zero-order valence-corrected chi connectivity index (χ0v) is 18.1. The molecule has 0 aliphatic rings. The Balaban J connectivity index is 1.78. The monoisotopic (exact) mass is 440 g/mol. The van der Waals surface area contributed by atoms with Crippen LogP contribution in [0.15, 0.2) is 77.4 Å². The van der Waals surface area contributed by atoms with Crippen molar-refractivity contribution in [3.8, 4) is 0 Å². The summed E-state index contributed by atoms with van der Waals surface area (Å²) in [6.45, 7) is 1.24.